The van der Waals surface area contributed by atoms with Gasteiger partial charge in [-0.1, -0.05) is 0 Å². The third kappa shape index (κ3) is 1.95. The van der Waals surface area contributed by atoms with E-state index in [9.17, 15) is 4.79 Å². The molecule has 20 heavy (non-hydrogen) atoms. The molecule has 1 N–H and O–H groups in total. The van der Waals surface area contributed by atoms with Crippen molar-refractivity contribution in [2.75, 3.05) is 19.6 Å². The Morgan fingerprint density at radius 3 is 2.40 bits per heavy atom. The number of nitrogens with zero attached hydrogens (tertiary/aromatic N) is 2. The molecule has 0 aromatic heterocycles. The number of nitrogens with one attached hydrogen (secondary N) is 1. The summed E-state index contributed by atoms with van der Waals surface area (Å²) in [5.74, 6) is 3.94. The fourth-order valence-electron chi connectivity index (χ4n) is 5.31. The first-order valence-electron chi connectivity index (χ1n) is 8.17. The molecule has 2 bridgehead atoms. The van der Waals surface area contributed by atoms with E-state index in [2.05, 4.69) is 16.3 Å². The predicted molar refractivity (Wildman–Crippen MR) is 74.5 cm³/mol. The van der Waals surface area contributed by atoms with Gasteiger partial charge in [0.25, 0.3) is 0 Å². The van der Waals surface area contributed by atoms with Gasteiger partial charge in [-0.3, -0.25) is 9.69 Å². The van der Waals surface area contributed by atoms with Crippen LogP contribution in [0.25, 0.3) is 0 Å². The minimum atomic E-state index is 0.343. The van der Waals surface area contributed by atoms with Gasteiger partial charge in [-0.2, -0.15) is 5.26 Å². The Bertz CT molecular complexity index is 433. The van der Waals surface area contributed by atoms with E-state index in [0.717, 1.165) is 49.6 Å². The smallest absolute Gasteiger partial charge is 0.223 e. The fraction of sp³-hybridized carbons (Fsp3) is 0.875. The van der Waals surface area contributed by atoms with Crippen LogP contribution in [0.1, 0.15) is 32.1 Å². The van der Waals surface area contributed by atoms with Gasteiger partial charge in [0.2, 0.25) is 5.91 Å². The fourth-order valence-corrected chi connectivity index (χ4v) is 5.31. The lowest BCUT2D eigenvalue weighted by Crippen LogP contribution is -2.45. The summed E-state index contributed by atoms with van der Waals surface area (Å²) in [5.41, 5.74) is 0. The maximum absolute atomic E-state index is 12.4. The molecule has 4 heteroatoms. The summed E-state index contributed by atoms with van der Waals surface area (Å²) in [5, 5.41) is 12.0. The quantitative estimate of drug-likeness (QED) is 0.790. The molecule has 4 rings (SSSR count). The molecule has 4 aliphatic rings. The van der Waals surface area contributed by atoms with E-state index in [1.54, 1.807) is 0 Å². The molecule has 1 heterocycles. The topological polar surface area (TPSA) is 56.1 Å². The number of piperidine rings is 1. The van der Waals surface area contributed by atoms with Gasteiger partial charge in [0.05, 0.1) is 12.6 Å². The van der Waals surface area contributed by atoms with Crippen LogP contribution >= 0.6 is 0 Å². The van der Waals surface area contributed by atoms with Gasteiger partial charge in [-0.25, -0.2) is 0 Å². The van der Waals surface area contributed by atoms with Gasteiger partial charge in [0.15, 0.2) is 0 Å². The van der Waals surface area contributed by atoms with E-state index in [1.165, 1.54) is 19.3 Å². The minimum Gasteiger partial charge on any atom is -0.353 e. The summed E-state index contributed by atoms with van der Waals surface area (Å²) >= 11 is 0. The highest BCUT2D eigenvalue weighted by Crippen LogP contribution is 2.69. The third-order valence-corrected chi connectivity index (χ3v) is 6.27. The van der Waals surface area contributed by atoms with E-state index in [0.29, 0.717) is 24.4 Å². The maximum Gasteiger partial charge on any atom is 0.223 e. The first-order valence-corrected chi connectivity index (χ1v) is 8.17. The summed E-state index contributed by atoms with van der Waals surface area (Å²) in [6, 6.07) is 2.55. The van der Waals surface area contributed by atoms with Crippen molar-refractivity contribution < 1.29 is 4.79 Å². The maximum atomic E-state index is 12.4. The van der Waals surface area contributed by atoms with Gasteiger partial charge in [0.1, 0.15) is 0 Å². The summed E-state index contributed by atoms with van der Waals surface area (Å²) in [7, 11) is 0. The number of carbonyl (C=O) groups is 1. The number of hydrogen-bond acceptors (Lipinski definition) is 3. The SMILES string of the molecule is N#CCN1CCC(NC(=O)C2C3C4CCC(C4)C23)CC1. The molecular weight excluding hydrogens is 250 g/mol. The molecule has 0 spiro atoms. The molecule has 0 aromatic rings. The van der Waals surface area contributed by atoms with E-state index in [4.69, 9.17) is 5.26 Å². The Balaban J connectivity index is 1.27. The van der Waals surface area contributed by atoms with Crippen molar-refractivity contribution in [1.29, 1.82) is 5.26 Å². The third-order valence-electron chi connectivity index (χ3n) is 6.27. The predicted octanol–water partition coefficient (Wildman–Crippen LogP) is 1.38. The lowest BCUT2D eigenvalue weighted by Gasteiger charge is -2.30. The lowest BCUT2D eigenvalue weighted by molar-refractivity contribution is -0.124. The van der Waals surface area contributed by atoms with Crippen LogP contribution in [0.15, 0.2) is 0 Å². The van der Waals surface area contributed by atoms with Crippen LogP contribution in [-0.4, -0.2) is 36.5 Å². The molecular formula is C16H23N3O. The van der Waals surface area contributed by atoms with Crippen LogP contribution in [0, 0.1) is 40.9 Å². The molecule has 1 saturated heterocycles. The average molecular weight is 273 g/mol. The zero-order valence-electron chi connectivity index (χ0n) is 11.9. The highest BCUT2D eigenvalue weighted by molar-refractivity contribution is 5.83. The molecule has 0 aromatic carbocycles. The average Bonchev–Trinajstić information content (AvgIpc) is 2.90. The van der Waals surface area contributed by atoms with Crippen molar-refractivity contribution in [3.8, 4) is 6.07 Å². The molecule has 3 aliphatic carbocycles. The molecule has 4 unspecified atom stereocenters. The number of hydrogen-bond donors (Lipinski definition) is 1. The monoisotopic (exact) mass is 273 g/mol. The van der Waals surface area contributed by atoms with Gasteiger partial charge in [0, 0.05) is 25.0 Å². The van der Waals surface area contributed by atoms with Crippen LogP contribution in [-0.2, 0) is 4.79 Å². The van der Waals surface area contributed by atoms with Crippen molar-refractivity contribution in [2.24, 2.45) is 29.6 Å². The first-order chi connectivity index (χ1) is 9.78. The molecule has 4 nitrogen and oxygen atoms in total. The molecule has 4 atom stereocenters. The highest BCUT2D eigenvalue weighted by Gasteiger charge is 2.67. The molecule has 108 valence electrons. The number of rotatable bonds is 3. The van der Waals surface area contributed by atoms with E-state index in [1.807, 2.05) is 0 Å². The molecule has 4 fully saturated rings. The van der Waals surface area contributed by atoms with Gasteiger partial charge in [-0.15, -0.1) is 0 Å². The zero-order valence-corrected chi connectivity index (χ0v) is 11.9. The van der Waals surface area contributed by atoms with Crippen molar-refractivity contribution in [3.05, 3.63) is 0 Å². The number of carbonyl (C=O) groups excluding carboxylic acids is 1. The molecule has 1 aliphatic heterocycles. The zero-order chi connectivity index (χ0) is 13.7. The van der Waals surface area contributed by atoms with E-state index in [-0.39, 0.29) is 0 Å². The molecule has 3 saturated carbocycles. The van der Waals surface area contributed by atoms with Crippen molar-refractivity contribution >= 4 is 5.91 Å². The van der Waals surface area contributed by atoms with Crippen molar-refractivity contribution in [2.45, 2.75) is 38.1 Å². The summed E-state index contributed by atoms with van der Waals surface area (Å²) in [4.78, 5) is 14.6. The lowest BCUT2D eigenvalue weighted by atomic mass is 10.0. The van der Waals surface area contributed by atoms with E-state index < -0.39 is 0 Å². The van der Waals surface area contributed by atoms with Gasteiger partial charge >= 0.3 is 0 Å². The number of fused-ring (bicyclic) bond motifs is 5. The highest BCUT2D eigenvalue weighted by atomic mass is 16.2. The standard InChI is InChI=1S/C16H23N3O/c17-5-8-19-6-3-12(4-7-19)18-16(20)15-13-10-1-2-11(9-10)14(13)15/h10-15H,1-4,6-9H2,(H,18,20). The van der Waals surface area contributed by atoms with Crippen LogP contribution < -0.4 is 5.32 Å². The summed E-state index contributed by atoms with van der Waals surface area (Å²) in [6.45, 7) is 2.42. The second-order valence-electron chi connectivity index (χ2n) is 7.23. The Labute approximate surface area is 120 Å². The second kappa shape index (κ2) is 4.73. The number of amides is 1. The second-order valence-corrected chi connectivity index (χ2v) is 7.23. The summed E-state index contributed by atoms with van der Waals surface area (Å²) in [6.07, 6.45) is 6.17. The van der Waals surface area contributed by atoms with Crippen LogP contribution in [0.2, 0.25) is 0 Å². The first kappa shape index (κ1) is 12.6. The Kier molecular flexibility index (Phi) is 2.99. The van der Waals surface area contributed by atoms with Gasteiger partial charge in [-0.05, 0) is 55.8 Å². The normalized spacial score (nSPS) is 43.0. The van der Waals surface area contributed by atoms with E-state index >= 15 is 0 Å². The van der Waals surface area contributed by atoms with Crippen LogP contribution in [0.5, 0.6) is 0 Å². The number of nitriles is 1. The van der Waals surface area contributed by atoms with Crippen LogP contribution in [0.4, 0.5) is 0 Å². The van der Waals surface area contributed by atoms with Crippen molar-refractivity contribution in [3.63, 3.8) is 0 Å². The van der Waals surface area contributed by atoms with Crippen LogP contribution in [0.3, 0.4) is 0 Å². The Hall–Kier alpha value is -1.08. The minimum absolute atomic E-state index is 0.343. The molecule has 1 amide bonds. The Morgan fingerprint density at radius 1 is 1.15 bits per heavy atom. The number of likely N-dealkylation sites (tertiary alicyclic amines) is 1. The summed E-state index contributed by atoms with van der Waals surface area (Å²) < 4.78 is 0. The van der Waals surface area contributed by atoms with Gasteiger partial charge < -0.3 is 5.32 Å². The molecule has 0 radical (unpaired) electrons. The van der Waals surface area contributed by atoms with Crippen molar-refractivity contribution in [1.82, 2.24) is 10.2 Å². The Morgan fingerprint density at radius 2 is 1.80 bits per heavy atom. The largest absolute Gasteiger partial charge is 0.353 e.